The Morgan fingerprint density at radius 2 is 1.63 bits per heavy atom. The van der Waals surface area contributed by atoms with Crippen molar-refractivity contribution in [3.63, 3.8) is 0 Å². The third-order valence-corrected chi connectivity index (χ3v) is 4.88. The minimum Gasteiger partial charge on any atom is -0.364 e. The number of likely N-dealkylation sites (N-methyl/N-ethyl adjacent to an activating group) is 1. The van der Waals surface area contributed by atoms with Crippen molar-refractivity contribution < 1.29 is 14.5 Å². The molecule has 8 heteroatoms. The quantitative estimate of drug-likeness (QED) is 0.443. The van der Waals surface area contributed by atoms with Crippen LogP contribution in [-0.2, 0) is 9.59 Å². The molecule has 0 aliphatic carbocycles. The first-order valence-electron chi connectivity index (χ1n) is 9.08. The van der Waals surface area contributed by atoms with Crippen molar-refractivity contribution in [1.82, 2.24) is 14.7 Å². The fourth-order valence-corrected chi connectivity index (χ4v) is 3.43. The van der Waals surface area contributed by atoms with E-state index >= 15 is 0 Å². The standard InChI is InChI=1S/C19H24N4O4/c1-13(2)12-22-18(24)16(14-4-6-15(7-5-14)23(26)27)17(19(22)25)21-10-8-20(3)9-11-21/h4-7,13H,8-12H2,1-3H3. The molecule has 1 saturated heterocycles. The van der Waals surface area contributed by atoms with Gasteiger partial charge in [0.25, 0.3) is 17.5 Å². The van der Waals surface area contributed by atoms with Crippen molar-refractivity contribution in [1.29, 1.82) is 0 Å². The van der Waals surface area contributed by atoms with E-state index in [1.54, 1.807) is 12.1 Å². The Hall–Kier alpha value is -2.74. The van der Waals surface area contributed by atoms with E-state index in [4.69, 9.17) is 0 Å². The lowest BCUT2D eigenvalue weighted by Gasteiger charge is -2.34. The number of benzene rings is 1. The molecule has 3 rings (SSSR count). The van der Waals surface area contributed by atoms with Crippen molar-refractivity contribution in [3.8, 4) is 0 Å². The van der Waals surface area contributed by atoms with Gasteiger partial charge in [0.1, 0.15) is 5.70 Å². The topological polar surface area (TPSA) is 87.0 Å². The van der Waals surface area contributed by atoms with Crippen molar-refractivity contribution in [2.45, 2.75) is 13.8 Å². The molecule has 1 aromatic rings. The van der Waals surface area contributed by atoms with Crippen LogP contribution < -0.4 is 0 Å². The fraction of sp³-hybridized carbons (Fsp3) is 0.474. The van der Waals surface area contributed by atoms with E-state index in [0.29, 0.717) is 36.5 Å². The second-order valence-electron chi connectivity index (χ2n) is 7.43. The van der Waals surface area contributed by atoms with E-state index in [2.05, 4.69) is 4.90 Å². The van der Waals surface area contributed by atoms with Crippen LogP contribution >= 0.6 is 0 Å². The number of nitrogens with zero attached hydrogens (tertiary/aromatic N) is 4. The summed E-state index contributed by atoms with van der Waals surface area (Å²) in [7, 11) is 2.02. The van der Waals surface area contributed by atoms with Crippen molar-refractivity contribution >= 4 is 23.1 Å². The molecule has 0 bridgehead atoms. The van der Waals surface area contributed by atoms with Crippen LogP contribution in [0.5, 0.6) is 0 Å². The SMILES string of the molecule is CC(C)CN1C(=O)C(c2ccc([N+](=O)[O-])cc2)=C(N2CCN(C)CC2)C1=O. The molecule has 2 amide bonds. The number of rotatable bonds is 5. The van der Waals surface area contributed by atoms with Gasteiger partial charge in [0.05, 0.1) is 10.5 Å². The summed E-state index contributed by atoms with van der Waals surface area (Å²) in [5.41, 5.74) is 1.26. The summed E-state index contributed by atoms with van der Waals surface area (Å²) in [6.45, 7) is 7.21. The van der Waals surface area contributed by atoms with Crippen molar-refractivity contribution in [3.05, 3.63) is 45.6 Å². The largest absolute Gasteiger partial charge is 0.364 e. The second kappa shape index (κ2) is 7.48. The number of hydrogen-bond acceptors (Lipinski definition) is 6. The van der Waals surface area contributed by atoms with E-state index in [-0.39, 0.29) is 23.4 Å². The summed E-state index contributed by atoms with van der Waals surface area (Å²) in [6, 6.07) is 5.83. The van der Waals surface area contributed by atoms with Crippen LogP contribution in [0, 0.1) is 16.0 Å². The van der Waals surface area contributed by atoms with Crippen molar-refractivity contribution in [2.75, 3.05) is 39.8 Å². The van der Waals surface area contributed by atoms with Crippen LogP contribution in [-0.4, -0.2) is 71.2 Å². The van der Waals surface area contributed by atoms with Gasteiger partial charge in [-0.15, -0.1) is 0 Å². The molecular weight excluding hydrogens is 348 g/mol. The molecule has 27 heavy (non-hydrogen) atoms. The fourth-order valence-electron chi connectivity index (χ4n) is 3.43. The molecule has 0 unspecified atom stereocenters. The van der Waals surface area contributed by atoms with Gasteiger partial charge in [-0.2, -0.15) is 0 Å². The highest BCUT2D eigenvalue weighted by Crippen LogP contribution is 2.33. The zero-order valence-electron chi connectivity index (χ0n) is 15.8. The molecule has 0 radical (unpaired) electrons. The maximum Gasteiger partial charge on any atom is 0.277 e. The maximum absolute atomic E-state index is 13.1. The van der Waals surface area contributed by atoms with E-state index in [1.165, 1.54) is 17.0 Å². The van der Waals surface area contributed by atoms with Crippen LogP contribution in [0.1, 0.15) is 19.4 Å². The molecule has 2 aliphatic heterocycles. The molecule has 1 aromatic carbocycles. The van der Waals surface area contributed by atoms with Gasteiger partial charge in [0.15, 0.2) is 0 Å². The number of carbonyl (C=O) groups excluding carboxylic acids is 2. The minimum absolute atomic E-state index is 0.0451. The van der Waals surface area contributed by atoms with Crippen LogP contribution in [0.25, 0.3) is 5.57 Å². The second-order valence-corrected chi connectivity index (χ2v) is 7.43. The number of hydrogen-bond donors (Lipinski definition) is 0. The first kappa shape index (κ1) is 19.0. The normalized spacial score (nSPS) is 18.8. The summed E-state index contributed by atoms with van der Waals surface area (Å²) < 4.78 is 0. The van der Waals surface area contributed by atoms with Gasteiger partial charge in [-0.25, -0.2) is 0 Å². The van der Waals surface area contributed by atoms with Gasteiger partial charge in [0.2, 0.25) is 0 Å². The minimum atomic E-state index is -0.480. The highest BCUT2D eigenvalue weighted by atomic mass is 16.6. The van der Waals surface area contributed by atoms with E-state index in [1.807, 2.05) is 25.8 Å². The number of amides is 2. The lowest BCUT2D eigenvalue weighted by atomic mass is 10.0. The van der Waals surface area contributed by atoms with Crippen LogP contribution in [0.2, 0.25) is 0 Å². The summed E-state index contributed by atoms with van der Waals surface area (Å²) in [5.74, 6) is -0.439. The summed E-state index contributed by atoms with van der Waals surface area (Å²) in [6.07, 6.45) is 0. The lowest BCUT2D eigenvalue weighted by molar-refractivity contribution is -0.384. The van der Waals surface area contributed by atoms with Gasteiger partial charge in [0, 0.05) is 44.9 Å². The summed E-state index contributed by atoms with van der Waals surface area (Å²) >= 11 is 0. The Morgan fingerprint density at radius 3 is 2.15 bits per heavy atom. The molecule has 2 heterocycles. The molecule has 144 valence electrons. The Bertz CT molecular complexity index is 792. The van der Waals surface area contributed by atoms with E-state index < -0.39 is 4.92 Å². The first-order valence-corrected chi connectivity index (χ1v) is 9.08. The monoisotopic (exact) mass is 372 g/mol. The number of non-ortho nitro benzene ring substituents is 1. The third kappa shape index (κ3) is 3.71. The number of piperazine rings is 1. The number of nitro groups is 1. The highest BCUT2D eigenvalue weighted by molar-refractivity contribution is 6.35. The molecule has 1 fully saturated rings. The molecule has 0 atom stereocenters. The third-order valence-electron chi connectivity index (χ3n) is 4.88. The zero-order chi connectivity index (χ0) is 19.7. The van der Waals surface area contributed by atoms with Gasteiger partial charge >= 0.3 is 0 Å². The molecule has 0 saturated carbocycles. The first-order chi connectivity index (χ1) is 12.8. The molecule has 2 aliphatic rings. The molecule has 8 nitrogen and oxygen atoms in total. The van der Waals surface area contributed by atoms with E-state index in [0.717, 1.165) is 13.1 Å². The number of nitro benzene ring substituents is 1. The number of imide groups is 1. The smallest absolute Gasteiger partial charge is 0.277 e. The molecule has 0 aromatic heterocycles. The maximum atomic E-state index is 13.1. The van der Waals surface area contributed by atoms with Crippen LogP contribution in [0.3, 0.4) is 0 Å². The predicted octanol–water partition coefficient (Wildman–Crippen LogP) is 1.58. The summed E-state index contributed by atoms with van der Waals surface area (Å²) in [5, 5.41) is 10.9. The Morgan fingerprint density at radius 1 is 1.04 bits per heavy atom. The highest BCUT2D eigenvalue weighted by Gasteiger charge is 2.42. The van der Waals surface area contributed by atoms with Gasteiger partial charge < -0.3 is 9.80 Å². The van der Waals surface area contributed by atoms with Gasteiger partial charge in [-0.3, -0.25) is 24.6 Å². The molecule has 0 spiro atoms. The lowest BCUT2D eigenvalue weighted by Crippen LogP contribution is -2.46. The Kier molecular flexibility index (Phi) is 5.27. The zero-order valence-corrected chi connectivity index (χ0v) is 15.8. The number of carbonyl (C=O) groups is 2. The average molecular weight is 372 g/mol. The van der Waals surface area contributed by atoms with Gasteiger partial charge in [-0.05, 0) is 30.7 Å². The predicted molar refractivity (Wildman–Crippen MR) is 101 cm³/mol. The van der Waals surface area contributed by atoms with Gasteiger partial charge in [-0.1, -0.05) is 13.8 Å². The Balaban J connectivity index is 2.03. The van der Waals surface area contributed by atoms with Crippen LogP contribution in [0.15, 0.2) is 30.0 Å². The average Bonchev–Trinajstić information content (AvgIpc) is 2.87. The molecule has 0 N–H and O–H groups in total. The Labute approximate surface area is 158 Å². The van der Waals surface area contributed by atoms with E-state index in [9.17, 15) is 19.7 Å². The van der Waals surface area contributed by atoms with Crippen molar-refractivity contribution in [2.24, 2.45) is 5.92 Å². The van der Waals surface area contributed by atoms with Crippen LogP contribution in [0.4, 0.5) is 5.69 Å². The molecular formula is C19H24N4O4. The summed E-state index contributed by atoms with van der Waals surface area (Å²) in [4.78, 5) is 42.0.